The van der Waals surface area contributed by atoms with E-state index in [1.165, 1.54) is 0 Å². The fraction of sp³-hybridized carbons (Fsp3) is 0.545. The van der Waals surface area contributed by atoms with Crippen LogP contribution in [0.1, 0.15) is 13.3 Å². The lowest BCUT2D eigenvalue weighted by Crippen LogP contribution is -2.47. The summed E-state index contributed by atoms with van der Waals surface area (Å²) in [6.07, 6.45) is 1.91. The molecule has 2 N–H and O–H groups in total. The topological polar surface area (TPSA) is 78.4 Å². The highest BCUT2D eigenvalue weighted by molar-refractivity contribution is 5.88. The first-order valence-electron chi connectivity index (χ1n) is 5.68. The predicted octanol–water partition coefficient (Wildman–Crippen LogP) is 0.711. The van der Waals surface area contributed by atoms with E-state index in [0.29, 0.717) is 18.9 Å². The Kier molecular flexibility index (Phi) is 3.53. The number of hydrogen-bond donors (Lipinski definition) is 2. The van der Waals surface area contributed by atoms with Crippen LogP contribution in [0.2, 0.25) is 0 Å². The molecule has 2 unspecified atom stereocenters. The first-order valence-corrected chi connectivity index (χ1v) is 5.68. The highest BCUT2D eigenvalue weighted by Gasteiger charge is 2.27. The van der Waals surface area contributed by atoms with Crippen LogP contribution in [-0.4, -0.2) is 45.4 Å². The molecule has 6 nitrogen and oxygen atoms in total. The van der Waals surface area contributed by atoms with E-state index in [4.69, 9.17) is 0 Å². The number of aliphatic hydroxyl groups is 1. The number of nitrogens with one attached hydrogen (secondary N) is 1. The Bertz CT molecular complexity index is 384. The maximum absolute atomic E-state index is 11.9. The van der Waals surface area contributed by atoms with E-state index in [1.807, 2.05) is 6.92 Å². The van der Waals surface area contributed by atoms with Crippen molar-refractivity contribution in [3.63, 3.8) is 0 Å². The standard InChI is InChI=1S/C11H16N4O2/c1-8-4-6-15(7-9(8)16)11(17)13-10-3-2-5-12-14-10/h2-3,5,8-9,16H,4,6-7H2,1H3,(H,13,14,17). The molecule has 0 aromatic carbocycles. The minimum atomic E-state index is -0.448. The molecule has 1 aromatic rings. The van der Waals surface area contributed by atoms with E-state index in [1.54, 1.807) is 23.2 Å². The van der Waals surface area contributed by atoms with Crippen LogP contribution >= 0.6 is 0 Å². The first kappa shape index (κ1) is 11.8. The summed E-state index contributed by atoms with van der Waals surface area (Å²) in [5, 5.41) is 19.8. The number of hydrogen-bond acceptors (Lipinski definition) is 4. The van der Waals surface area contributed by atoms with Crippen molar-refractivity contribution in [1.29, 1.82) is 0 Å². The fourth-order valence-corrected chi connectivity index (χ4v) is 1.79. The zero-order chi connectivity index (χ0) is 12.3. The number of carbonyl (C=O) groups is 1. The summed E-state index contributed by atoms with van der Waals surface area (Å²) < 4.78 is 0. The summed E-state index contributed by atoms with van der Waals surface area (Å²) in [5.41, 5.74) is 0. The minimum absolute atomic E-state index is 0.239. The second-order valence-electron chi connectivity index (χ2n) is 4.32. The van der Waals surface area contributed by atoms with Gasteiger partial charge in [-0.05, 0) is 24.5 Å². The van der Waals surface area contributed by atoms with Gasteiger partial charge in [0.2, 0.25) is 0 Å². The highest BCUT2D eigenvalue weighted by atomic mass is 16.3. The van der Waals surface area contributed by atoms with Crippen LogP contribution in [0.15, 0.2) is 18.3 Å². The van der Waals surface area contributed by atoms with Gasteiger partial charge in [-0.2, -0.15) is 5.10 Å². The lowest BCUT2D eigenvalue weighted by atomic mass is 9.96. The summed E-state index contributed by atoms with van der Waals surface area (Å²) in [6, 6.07) is 3.14. The third-order valence-electron chi connectivity index (χ3n) is 3.01. The summed E-state index contributed by atoms with van der Waals surface area (Å²) in [7, 11) is 0. The molecule has 2 heterocycles. The van der Waals surface area contributed by atoms with Crippen molar-refractivity contribution in [3.05, 3.63) is 18.3 Å². The Balaban J connectivity index is 1.93. The van der Waals surface area contributed by atoms with Crippen LogP contribution < -0.4 is 5.32 Å². The Hall–Kier alpha value is -1.69. The summed E-state index contributed by atoms with van der Waals surface area (Å²) in [6.45, 7) is 3.01. The van der Waals surface area contributed by atoms with E-state index < -0.39 is 6.10 Å². The number of β-amino-alcohol motifs (C(OH)–C–C–N with tert-alkyl or cyclic N) is 1. The van der Waals surface area contributed by atoms with E-state index in [0.717, 1.165) is 6.42 Å². The van der Waals surface area contributed by atoms with Crippen molar-refractivity contribution in [2.45, 2.75) is 19.4 Å². The van der Waals surface area contributed by atoms with Crippen LogP contribution in [0, 0.1) is 5.92 Å². The molecule has 2 rings (SSSR count). The normalized spacial score (nSPS) is 24.5. The number of aliphatic hydroxyl groups excluding tert-OH is 1. The van der Waals surface area contributed by atoms with Gasteiger partial charge in [-0.25, -0.2) is 4.79 Å². The van der Waals surface area contributed by atoms with Crippen molar-refractivity contribution in [2.75, 3.05) is 18.4 Å². The van der Waals surface area contributed by atoms with Gasteiger partial charge in [0.1, 0.15) is 0 Å². The van der Waals surface area contributed by atoms with E-state index in [2.05, 4.69) is 15.5 Å². The number of carbonyl (C=O) groups excluding carboxylic acids is 1. The number of likely N-dealkylation sites (tertiary alicyclic amines) is 1. The molecule has 1 aromatic heterocycles. The fourth-order valence-electron chi connectivity index (χ4n) is 1.79. The van der Waals surface area contributed by atoms with Crippen molar-refractivity contribution in [3.8, 4) is 0 Å². The number of nitrogens with zero attached hydrogens (tertiary/aromatic N) is 3. The highest BCUT2D eigenvalue weighted by Crippen LogP contribution is 2.17. The third-order valence-corrected chi connectivity index (χ3v) is 3.01. The smallest absolute Gasteiger partial charge is 0.323 e. The van der Waals surface area contributed by atoms with Gasteiger partial charge in [-0.3, -0.25) is 5.32 Å². The molecule has 0 bridgehead atoms. The summed E-state index contributed by atoms with van der Waals surface area (Å²) in [4.78, 5) is 13.5. The Morgan fingerprint density at radius 1 is 1.65 bits per heavy atom. The van der Waals surface area contributed by atoms with Gasteiger partial charge in [0, 0.05) is 19.3 Å². The number of anilines is 1. The molecular formula is C11H16N4O2. The van der Waals surface area contributed by atoms with E-state index in [9.17, 15) is 9.90 Å². The first-order chi connectivity index (χ1) is 8.16. The number of urea groups is 1. The summed E-state index contributed by atoms with van der Waals surface area (Å²) >= 11 is 0. The van der Waals surface area contributed by atoms with Gasteiger partial charge >= 0.3 is 6.03 Å². The van der Waals surface area contributed by atoms with Gasteiger partial charge < -0.3 is 10.0 Å². The summed E-state index contributed by atoms with van der Waals surface area (Å²) in [5.74, 6) is 0.668. The molecule has 1 aliphatic heterocycles. The zero-order valence-electron chi connectivity index (χ0n) is 9.71. The maximum atomic E-state index is 11.9. The Morgan fingerprint density at radius 3 is 3.12 bits per heavy atom. The van der Waals surface area contributed by atoms with Crippen molar-refractivity contribution in [1.82, 2.24) is 15.1 Å². The molecule has 92 valence electrons. The zero-order valence-corrected chi connectivity index (χ0v) is 9.71. The lowest BCUT2D eigenvalue weighted by molar-refractivity contribution is 0.0463. The molecular weight excluding hydrogens is 220 g/mol. The quantitative estimate of drug-likeness (QED) is 0.752. The van der Waals surface area contributed by atoms with Gasteiger partial charge in [-0.15, -0.1) is 5.10 Å². The molecule has 1 aliphatic rings. The molecule has 2 atom stereocenters. The molecule has 2 amide bonds. The molecule has 0 aliphatic carbocycles. The van der Waals surface area contributed by atoms with Crippen LogP contribution in [0.5, 0.6) is 0 Å². The Morgan fingerprint density at radius 2 is 2.47 bits per heavy atom. The number of rotatable bonds is 1. The maximum Gasteiger partial charge on any atom is 0.323 e. The number of piperidine rings is 1. The van der Waals surface area contributed by atoms with Gasteiger partial charge in [-0.1, -0.05) is 6.92 Å². The average Bonchev–Trinajstić information content (AvgIpc) is 2.34. The van der Waals surface area contributed by atoms with Gasteiger partial charge in [0.05, 0.1) is 6.10 Å². The third kappa shape index (κ3) is 2.91. The average molecular weight is 236 g/mol. The van der Waals surface area contributed by atoms with Crippen LogP contribution in [0.25, 0.3) is 0 Å². The Labute approximate surface area is 99.7 Å². The minimum Gasteiger partial charge on any atom is -0.391 e. The van der Waals surface area contributed by atoms with Crippen molar-refractivity contribution < 1.29 is 9.90 Å². The molecule has 1 fully saturated rings. The second-order valence-corrected chi connectivity index (χ2v) is 4.32. The molecule has 0 saturated carbocycles. The van der Waals surface area contributed by atoms with Crippen molar-refractivity contribution >= 4 is 11.8 Å². The largest absolute Gasteiger partial charge is 0.391 e. The second kappa shape index (κ2) is 5.09. The lowest BCUT2D eigenvalue weighted by Gasteiger charge is -2.34. The molecule has 0 radical (unpaired) electrons. The van der Waals surface area contributed by atoms with E-state index >= 15 is 0 Å². The van der Waals surface area contributed by atoms with Crippen LogP contribution in [0.3, 0.4) is 0 Å². The molecule has 1 saturated heterocycles. The SMILES string of the molecule is CC1CCN(C(=O)Nc2cccnn2)CC1O. The van der Waals surface area contributed by atoms with Crippen LogP contribution in [0.4, 0.5) is 10.6 Å². The molecule has 17 heavy (non-hydrogen) atoms. The van der Waals surface area contributed by atoms with Crippen molar-refractivity contribution in [2.24, 2.45) is 5.92 Å². The molecule has 0 spiro atoms. The monoisotopic (exact) mass is 236 g/mol. The number of amides is 2. The predicted molar refractivity (Wildman–Crippen MR) is 62.4 cm³/mol. The van der Waals surface area contributed by atoms with E-state index in [-0.39, 0.29) is 11.9 Å². The number of aromatic nitrogens is 2. The van der Waals surface area contributed by atoms with Gasteiger partial charge in [0.15, 0.2) is 5.82 Å². The van der Waals surface area contributed by atoms with Crippen LogP contribution in [-0.2, 0) is 0 Å². The molecule has 6 heteroatoms. The van der Waals surface area contributed by atoms with Gasteiger partial charge in [0.25, 0.3) is 0 Å².